The molecule has 1 aliphatic heterocycles. The molecule has 1 aromatic rings. The third-order valence-electron chi connectivity index (χ3n) is 4.93. The fourth-order valence-electron chi connectivity index (χ4n) is 3.98. The normalized spacial score (nSPS) is 26.4. The minimum Gasteiger partial charge on any atom is -0.496 e. The monoisotopic (exact) mass is 245 g/mol. The van der Waals surface area contributed by atoms with Gasteiger partial charge in [0.05, 0.1) is 7.11 Å². The second-order valence-electron chi connectivity index (χ2n) is 5.85. The minimum absolute atomic E-state index is 0.493. The van der Waals surface area contributed by atoms with E-state index in [4.69, 9.17) is 4.74 Å². The molecule has 0 bridgehead atoms. The molecular formula is C16H23NO. The lowest BCUT2D eigenvalue weighted by atomic mass is 9.65. The standard InChI is InChI=1S/C16H23NO/c1-18-15-8-4-3-7-13(15)14-11-17-12-16(14)9-5-2-6-10-16/h3-4,7-8,14,17H,2,5-6,9-12H2,1H3. The summed E-state index contributed by atoms with van der Waals surface area (Å²) < 4.78 is 5.56. The molecule has 2 aliphatic rings. The molecule has 3 rings (SSSR count). The van der Waals surface area contributed by atoms with Gasteiger partial charge in [-0.25, -0.2) is 0 Å². The Bertz CT molecular complexity index is 409. The van der Waals surface area contributed by atoms with Gasteiger partial charge in [-0.1, -0.05) is 37.5 Å². The zero-order valence-corrected chi connectivity index (χ0v) is 11.2. The van der Waals surface area contributed by atoms with Crippen molar-refractivity contribution in [3.63, 3.8) is 0 Å². The molecule has 1 aromatic carbocycles. The molecule has 0 amide bonds. The first kappa shape index (κ1) is 12.0. The van der Waals surface area contributed by atoms with Crippen LogP contribution in [0.15, 0.2) is 24.3 Å². The number of para-hydroxylation sites is 1. The predicted molar refractivity (Wildman–Crippen MR) is 74.1 cm³/mol. The summed E-state index contributed by atoms with van der Waals surface area (Å²) >= 11 is 0. The summed E-state index contributed by atoms with van der Waals surface area (Å²) in [4.78, 5) is 0. The topological polar surface area (TPSA) is 21.3 Å². The number of nitrogens with one attached hydrogen (secondary N) is 1. The summed E-state index contributed by atoms with van der Waals surface area (Å²) in [5.74, 6) is 1.70. The van der Waals surface area contributed by atoms with E-state index in [0.717, 1.165) is 12.3 Å². The SMILES string of the molecule is COc1ccccc1C1CNCC12CCCCC2. The van der Waals surface area contributed by atoms with Crippen molar-refractivity contribution in [3.05, 3.63) is 29.8 Å². The van der Waals surface area contributed by atoms with Gasteiger partial charge in [-0.2, -0.15) is 0 Å². The summed E-state index contributed by atoms with van der Waals surface area (Å²) in [5.41, 5.74) is 1.90. The second-order valence-corrected chi connectivity index (χ2v) is 5.85. The molecule has 1 atom stereocenters. The van der Waals surface area contributed by atoms with Gasteiger partial charge in [0.25, 0.3) is 0 Å². The Hall–Kier alpha value is -1.02. The van der Waals surface area contributed by atoms with Gasteiger partial charge >= 0.3 is 0 Å². The van der Waals surface area contributed by atoms with Crippen LogP contribution >= 0.6 is 0 Å². The Labute approximate surface area is 110 Å². The van der Waals surface area contributed by atoms with Crippen LogP contribution in [-0.2, 0) is 0 Å². The van der Waals surface area contributed by atoms with Crippen LogP contribution in [0.2, 0.25) is 0 Å². The van der Waals surface area contributed by atoms with Crippen molar-refractivity contribution < 1.29 is 4.74 Å². The lowest BCUT2D eigenvalue weighted by Crippen LogP contribution is -2.31. The summed E-state index contributed by atoms with van der Waals surface area (Å²) in [7, 11) is 1.79. The lowest BCUT2D eigenvalue weighted by molar-refractivity contribution is 0.187. The molecule has 98 valence electrons. The van der Waals surface area contributed by atoms with Gasteiger partial charge in [0.1, 0.15) is 5.75 Å². The first-order valence-corrected chi connectivity index (χ1v) is 7.19. The Morgan fingerprint density at radius 3 is 2.72 bits per heavy atom. The Balaban J connectivity index is 1.94. The van der Waals surface area contributed by atoms with Gasteiger partial charge in [-0.3, -0.25) is 0 Å². The molecule has 2 nitrogen and oxygen atoms in total. The third kappa shape index (κ3) is 1.93. The van der Waals surface area contributed by atoms with Crippen LogP contribution in [-0.4, -0.2) is 20.2 Å². The summed E-state index contributed by atoms with van der Waals surface area (Å²) in [6.45, 7) is 2.30. The molecule has 1 unspecified atom stereocenters. The van der Waals surface area contributed by atoms with E-state index < -0.39 is 0 Å². The smallest absolute Gasteiger partial charge is 0.122 e. The highest BCUT2D eigenvalue weighted by Crippen LogP contribution is 2.50. The van der Waals surface area contributed by atoms with E-state index in [1.165, 1.54) is 44.2 Å². The van der Waals surface area contributed by atoms with E-state index in [9.17, 15) is 0 Å². The average Bonchev–Trinajstić information content (AvgIpc) is 2.82. The van der Waals surface area contributed by atoms with E-state index in [1.54, 1.807) is 7.11 Å². The van der Waals surface area contributed by atoms with Gasteiger partial charge in [0.2, 0.25) is 0 Å². The molecule has 1 N–H and O–H groups in total. The minimum atomic E-state index is 0.493. The molecule has 1 aliphatic carbocycles. The highest BCUT2D eigenvalue weighted by Gasteiger charge is 2.44. The number of hydrogen-bond acceptors (Lipinski definition) is 2. The van der Waals surface area contributed by atoms with Crippen LogP contribution < -0.4 is 10.1 Å². The molecule has 0 aromatic heterocycles. The highest BCUT2D eigenvalue weighted by atomic mass is 16.5. The maximum Gasteiger partial charge on any atom is 0.122 e. The van der Waals surface area contributed by atoms with Crippen molar-refractivity contribution in [1.29, 1.82) is 0 Å². The van der Waals surface area contributed by atoms with Crippen LogP contribution in [0.25, 0.3) is 0 Å². The van der Waals surface area contributed by atoms with Crippen molar-refractivity contribution in [3.8, 4) is 5.75 Å². The molecular weight excluding hydrogens is 222 g/mol. The van der Waals surface area contributed by atoms with Gasteiger partial charge < -0.3 is 10.1 Å². The van der Waals surface area contributed by atoms with E-state index >= 15 is 0 Å². The summed E-state index contributed by atoms with van der Waals surface area (Å²) in [6.07, 6.45) is 6.96. The Morgan fingerprint density at radius 1 is 1.17 bits per heavy atom. The van der Waals surface area contributed by atoms with Crippen molar-refractivity contribution in [2.75, 3.05) is 20.2 Å². The van der Waals surface area contributed by atoms with Crippen LogP contribution in [0.5, 0.6) is 5.75 Å². The van der Waals surface area contributed by atoms with Crippen molar-refractivity contribution >= 4 is 0 Å². The van der Waals surface area contributed by atoms with Crippen molar-refractivity contribution in [2.45, 2.75) is 38.0 Å². The van der Waals surface area contributed by atoms with E-state index in [1.807, 2.05) is 0 Å². The number of ether oxygens (including phenoxy) is 1. The Morgan fingerprint density at radius 2 is 1.94 bits per heavy atom. The quantitative estimate of drug-likeness (QED) is 0.863. The molecule has 2 heteroatoms. The largest absolute Gasteiger partial charge is 0.496 e. The molecule has 18 heavy (non-hydrogen) atoms. The molecule has 1 saturated heterocycles. The number of rotatable bonds is 2. The number of methoxy groups -OCH3 is 1. The molecule has 1 saturated carbocycles. The maximum absolute atomic E-state index is 5.56. The van der Waals surface area contributed by atoms with E-state index in [0.29, 0.717) is 11.3 Å². The third-order valence-corrected chi connectivity index (χ3v) is 4.93. The Kier molecular flexibility index (Phi) is 3.29. The molecule has 1 spiro atoms. The molecule has 0 radical (unpaired) electrons. The number of benzene rings is 1. The first-order valence-electron chi connectivity index (χ1n) is 7.19. The van der Waals surface area contributed by atoms with Crippen molar-refractivity contribution in [1.82, 2.24) is 5.32 Å². The van der Waals surface area contributed by atoms with E-state index in [-0.39, 0.29) is 0 Å². The van der Waals surface area contributed by atoms with Crippen LogP contribution in [0.1, 0.15) is 43.6 Å². The fourth-order valence-corrected chi connectivity index (χ4v) is 3.98. The van der Waals surface area contributed by atoms with Gasteiger partial charge in [0.15, 0.2) is 0 Å². The highest BCUT2D eigenvalue weighted by molar-refractivity contribution is 5.38. The van der Waals surface area contributed by atoms with Crippen LogP contribution in [0.4, 0.5) is 0 Å². The first-order chi connectivity index (χ1) is 8.86. The van der Waals surface area contributed by atoms with Crippen LogP contribution in [0, 0.1) is 5.41 Å². The second kappa shape index (κ2) is 4.93. The van der Waals surface area contributed by atoms with Gasteiger partial charge in [0, 0.05) is 19.0 Å². The van der Waals surface area contributed by atoms with Crippen molar-refractivity contribution in [2.24, 2.45) is 5.41 Å². The van der Waals surface area contributed by atoms with E-state index in [2.05, 4.69) is 29.6 Å². The van der Waals surface area contributed by atoms with Gasteiger partial charge in [-0.15, -0.1) is 0 Å². The molecule has 1 heterocycles. The zero-order chi connectivity index (χ0) is 12.4. The maximum atomic E-state index is 5.56. The lowest BCUT2D eigenvalue weighted by Gasteiger charge is -2.38. The van der Waals surface area contributed by atoms with Gasteiger partial charge in [-0.05, 0) is 29.9 Å². The predicted octanol–water partition coefficient (Wildman–Crippen LogP) is 3.33. The summed E-state index contributed by atoms with van der Waals surface area (Å²) in [5, 5.41) is 3.63. The average molecular weight is 245 g/mol. The zero-order valence-electron chi connectivity index (χ0n) is 11.2. The number of hydrogen-bond donors (Lipinski definition) is 1. The molecule has 2 fully saturated rings. The fraction of sp³-hybridized carbons (Fsp3) is 0.625. The summed E-state index contributed by atoms with van der Waals surface area (Å²) in [6, 6.07) is 8.57. The van der Waals surface area contributed by atoms with Crippen LogP contribution in [0.3, 0.4) is 0 Å².